The van der Waals surface area contributed by atoms with Crippen LogP contribution in [0.5, 0.6) is 0 Å². The van der Waals surface area contributed by atoms with Crippen LogP contribution in [0.15, 0.2) is 18.2 Å². The molecule has 1 N–H and O–H groups in total. The highest BCUT2D eigenvalue weighted by Crippen LogP contribution is 2.17. The average molecular weight is 351 g/mol. The number of nitrogens with one attached hydrogen (secondary N) is 1. The van der Waals surface area contributed by atoms with Crippen molar-refractivity contribution in [3.63, 3.8) is 0 Å². The molecule has 5 nitrogen and oxygen atoms in total. The lowest BCUT2D eigenvalue weighted by Crippen LogP contribution is -2.51. The summed E-state index contributed by atoms with van der Waals surface area (Å²) in [5.74, 6) is -2.26. The number of amides is 2. The van der Waals surface area contributed by atoms with Crippen LogP contribution in [0.1, 0.15) is 36.0 Å². The van der Waals surface area contributed by atoms with E-state index in [0.717, 1.165) is 25.0 Å². The number of rotatable bonds is 4. The number of nitrogens with zero attached hydrogens (tertiary/aromatic N) is 2. The van der Waals surface area contributed by atoms with Crippen LogP contribution in [0.4, 0.5) is 8.78 Å². The number of benzene rings is 1. The predicted octanol–water partition coefficient (Wildman–Crippen LogP) is 1.78. The first-order valence-corrected chi connectivity index (χ1v) is 8.79. The van der Waals surface area contributed by atoms with Gasteiger partial charge in [0.1, 0.15) is 0 Å². The number of carbonyl (C=O) groups excluding carboxylic acids is 2. The van der Waals surface area contributed by atoms with Crippen LogP contribution in [0.2, 0.25) is 0 Å². The summed E-state index contributed by atoms with van der Waals surface area (Å²) in [6.07, 6.45) is 4.47. The van der Waals surface area contributed by atoms with Crippen LogP contribution in [-0.4, -0.2) is 60.4 Å². The van der Waals surface area contributed by atoms with E-state index in [1.807, 2.05) is 4.90 Å². The maximum Gasteiger partial charge on any atom is 0.254 e. The van der Waals surface area contributed by atoms with Crippen molar-refractivity contribution < 1.29 is 18.4 Å². The Balaban J connectivity index is 1.46. The summed E-state index contributed by atoms with van der Waals surface area (Å²) in [5, 5.41) is 3.06. The topological polar surface area (TPSA) is 52.7 Å². The van der Waals surface area contributed by atoms with Crippen molar-refractivity contribution in [2.75, 3.05) is 32.7 Å². The molecule has 2 aliphatic rings. The second-order valence-electron chi connectivity index (χ2n) is 6.75. The third-order valence-electron chi connectivity index (χ3n) is 4.91. The van der Waals surface area contributed by atoms with Gasteiger partial charge in [-0.15, -0.1) is 0 Å². The van der Waals surface area contributed by atoms with Gasteiger partial charge in [-0.3, -0.25) is 14.5 Å². The molecule has 25 heavy (non-hydrogen) atoms. The Morgan fingerprint density at radius 1 is 1.04 bits per heavy atom. The summed E-state index contributed by atoms with van der Waals surface area (Å²) in [6, 6.07) is 3.50. The van der Waals surface area contributed by atoms with E-state index >= 15 is 0 Å². The first-order chi connectivity index (χ1) is 12.0. The molecule has 1 saturated carbocycles. The van der Waals surface area contributed by atoms with E-state index in [0.29, 0.717) is 38.8 Å². The largest absolute Gasteiger partial charge is 0.352 e. The Kier molecular flexibility index (Phi) is 5.63. The van der Waals surface area contributed by atoms with Crippen molar-refractivity contribution in [3.8, 4) is 0 Å². The molecule has 1 aliphatic heterocycles. The van der Waals surface area contributed by atoms with E-state index in [2.05, 4.69) is 5.32 Å². The van der Waals surface area contributed by atoms with Gasteiger partial charge in [-0.1, -0.05) is 12.8 Å². The van der Waals surface area contributed by atoms with Crippen molar-refractivity contribution in [2.45, 2.75) is 31.7 Å². The molecular formula is C18H23F2N3O2. The number of halogens is 2. The van der Waals surface area contributed by atoms with Gasteiger partial charge in [-0.2, -0.15) is 0 Å². The molecule has 0 unspecified atom stereocenters. The molecule has 2 fully saturated rings. The van der Waals surface area contributed by atoms with Gasteiger partial charge in [0.25, 0.3) is 5.91 Å². The molecule has 1 aromatic rings. The molecular weight excluding hydrogens is 328 g/mol. The molecule has 0 bridgehead atoms. The first-order valence-electron chi connectivity index (χ1n) is 8.79. The van der Waals surface area contributed by atoms with Gasteiger partial charge in [0.2, 0.25) is 5.91 Å². The van der Waals surface area contributed by atoms with E-state index in [9.17, 15) is 18.4 Å². The Morgan fingerprint density at radius 3 is 2.36 bits per heavy atom. The lowest BCUT2D eigenvalue weighted by molar-refractivity contribution is -0.123. The second kappa shape index (κ2) is 7.91. The fraction of sp³-hybridized carbons (Fsp3) is 0.556. The fourth-order valence-electron chi connectivity index (χ4n) is 3.47. The summed E-state index contributed by atoms with van der Waals surface area (Å²) < 4.78 is 26.3. The van der Waals surface area contributed by atoms with E-state index in [1.54, 1.807) is 4.90 Å². The van der Waals surface area contributed by atoms with Crippen LogP contribution < -0.4 is 5.32 Å². The number of hydrogen-bond acceptors (Lipinski definition) is 3. The number of piperazine rings is 1. The van der Waals surface area contributed by atoms with Crippen LogP contribution in [-0.2, 0) is 4.79 Å². The van der Waals surface area contributed by atoms with Crippen LogP contribution >= 0.6 is 0 Å². The van der Waals surface area contributed by atoms with Crippen molar-refractivity contribution >= 4 is 11.8 Å². The van der Waals surface area contributed by atoms with E-state index in [-0.39, 0.29) is 17.4 Å². The van der Waals surface area contributed by atoms with Crippen LogP contribution in [0.3, 0.4) is 0 Å². The third-order valence-corrected chi connectivity index (χ3v) is 4.91. The summed E-state index contributed by atoms with van der Waals surface area (Å²) in [6.45, 7) is 2.45. The number of carbonyl (C=O) groups is 2. The van der Waals surface area contributed by atoms with Gasteiger partial charge < -0.3 is 10.2 Å². The van der Waals surface area contributed by atoms with Gasteiger partial charge in [0.05, 0.1) is 6.54 Å². The minimum atomic E-state index is -1.02. The average Bonchev–Trinajstić information content (AvgIpc) is 3.10. The molecule has 3 rings (SSSR count). The minimum absolute atomic E-state index is 0.0345. The number of hydrogen-bond donors (Lipinski definition) is 1. The van der Waals surface area contributed by atoms with Gasteiger partial charge in [-0.25, -0.2) is 8.78 Å². The second-order valence-corrected chi connectivity index (χ2v) is 6.75. The summed E-state index contributed by atoms with van der Waals surface area (Å²) in [4.78, 5) is 28.0. The lowest BCUT2D eigenvalue weighted by Gasteiger charge is -2.34. The van der Waals surface area contributed by atoms with Crippen LogP contribution in [0.25, 0.3) is 0 Å². The van der Waals surface area contributed by atoms with Crippen molar-refractivity contribution in [1.82, 2.24) is 15.1 Å². The summed E-state index contributed by atoms with van der Waals surface area (Å²) >= 11 is 0. The Morgan fingerprint density at radius 2 is 1.72 bits per heavy atom. The lowest BCUT2D eigenvalue weighted by atomic mass is 10.1. The van der Waals surface area contributed by atoms with Crippen LogP contribution in [0, 0.1) is 11.6 Å². The predicted molar refractivity (Wildman–Crippen MR) is 89.1 cm³/mol. The maximum atomic E-state index is 13.3. The van der Waals surface area contributed by atoms with Crippen molar-refractivity contribution in [1.29, 1.82) is 0 Å². The van der Waals surface area contributed by atoms with E-state index < -0.39 is 11.6 Å². The standard InChI is InChI=1S/C18H23F2N3O2/c19-15-6-5-13(11-16(15)20)18(25)23-9-7-22(8-10-23)12-17(24)21-14-3-1-2-4-14/h5-6,11,14H,1-4,7-10,12H2,(H,21,24). The highest BCUT2D eigenvalue weighted by molar-refractivity contribution is 5.94. The maximum absolute atomic E-state index is 13.3. The van der Waals surface area contributed by atoms with E-state index in [4.69, 9.17) is 0 Å². The monoisotopic (exact) mass is 351 g/mol. The summed E-state index contributed by atoms with van der Waals surface area (Å²) in [7, 11) is 0. The summed E-state index contributed by atoms with van der Waals surface area (Å²) in [5.41, 5.74) is 0.145. The molecule has 7 heteroatoms. The van der Waals surface area contributed by atoms with Crippen molar-refractivity contribution in [2.24, 2.45) is 0 Å². The van der Waals surface area contributed by atoms with Crippen molar-refractivity contribution in [3.05, 3.63) is 35.4 Å². The molecule has 0 atom stereocenters. The molecule has 1 saturated heterocycles. The first kappa shape index (κ1) is 17.8. The SMILES string of the molecule is O=C(CN1CCN(C(=O)c2ccc(F)c(F)c2)CC1)NC1CCCC1. The zero-order valence-corrected chi connectivity index (χ0v) is 14.1. The van der Waals surface area contributed by atoms with E-state index in [1.165, 1.54) is 18.9 Å². The molecule has 1 aliphatic carbocycles. The Bertz CT molecular complexity index is 639. The molecule has 1 heterocycles. The molecule has 1 aromatic carbocycles. The molecule has 136 valence electrons. The zero-order chi connectivity index (χ0) is 17.8. The highest BCUT2D eigenvalue weighted by atomic mass is 19.2. The Labute approximate surface area is 146 Å². The van der Waals surface area contributed by atoms with Gasteiger partial charge in [-0.05, 0) is 31.0 Å². The molecule has 0 radical (unpaired) electrons. The molecule has 2 amide bonds. The highest BCUT2D eigenvalue weighted by Gasteiger charge is 2.25. The minimum Gasteiger partial charge on any atom is -0.352 e. The zero-order valence-electron chi connectivity index (χ0n) is 14.1. The normalized spacial score (nSPS) is 19.2. The quantitative estimate of drug-likeness (QED) is 0.900. The molecule has 0 aromatic heterocycles. The van der Waals surface area contributed by atoms with Gasteiger partial charge >= 0.3 is 0 Å². The Hall–Kier alpha value is -2.02. The van der Waals surface area contributed by atoms with Gasteiger partial charge in [0, 0.05) is 37.8 Å². The molecule has 0 spiro atoms. The fourth-order valence-corrected chi connectivity index (χ4v) is 3.47. The smallest absolute Gasteiger partial charge is 0.254 e. The van der Waals surface area contributed by atoms with Gasteiger partial charge in [0.15, 0.2) is 11.6 Å². The third kappa shape index (κ3) is 4.54.